The predicted molar refractivity (Wildman–Crippen MR) is 103 cm³/mol. The van der Waals surface area contributed by atoms with Crippen LogP contribution in [0.4, 0.5) is 0 Å². The first-order chi connectivity index (χ1) is 12.2. The molecular weight excluding hydrogens is 384 g/mol. The van der Waals surface area contributed by atoms with E-state index in [1.165, 1.54) is 6.42 Å². The molecule has 1 heterocycles. The van der Waals surface area contributed by atoms with Crippen molar-refractivity contribution >= 4 is 21.9 Å². The highest BCUT2D eigenvalue weighted by Gasteiger charge is 2.29. The smallest absolute Gasteiger partial charge is 0.347 e. The number of carbonyl (C=O) groups excluding carboxylic acids is 1. The fourth-order valence-electron chi connectivity index (χ4n) is 3.07. The summed E-state index contributed by atoms with van der Waals surface area (Å²) >= 11 is 3.45. The van der Waals surface area contributed by atoms with Gasteiger partial charge < -0.3 is 14.2 Å². The molecule has 1 aliphatic rings. The Bertz CT molecular complexity index is 559. The van der Waals surface area contributed by atoms with E-state index in [0.29, 0.717) is 19.6 Å². The SMILES string of the molecule is CCCc1c(OCCCCCBr)ccc2c1OC(C(=O)OCC)CC2. The van der Waals surface area contributed by atoms with Crippen molar-refractivity contribution in [3.63, 3.8) is 0 Å². The van der Waals surface area contributed by atoms with Crippen LogP contribution in [0.3, 0.4) is 0 Å². The van der Waals surface area contributed by atoms with Crippen LogP contribution in [0.15, 0.2) is 12.1 Å². The monoisotopic (exact) mass is 412 g/mol. The third-order valence-electron chi connectivity index (χ3n) is 4.32. The largest absolute Gasteiger partial charge is 0.493 e. The third kappa shape index (κ3) is 5.63. The van der Waals surface area contributed by atoms with Gasteiger partial charge in [-0.3, -0.25) is 0 Å². The molecule has 0 aliphatic carbocycles. The first kappa shape index (κ1) is 20.1. The van der Waals surface area contributed by atoms with Gasteiger partial charge in [0, 0.05) is 10.9 Å². The summed E-state index contributed by atoms with van der Waals surface area (Å²) in [5, 5.41) is 1.04. The molecule has 5 heteroatoms. The molecule has 25 heavy (non-hydrogen) atoms. The Morgan fingerprint density at radius 3 is 2.84 bits per heavy atom. The summed E-state index contributed by atoms with van der Waals surface area (Å²) in [4.78, 5) is 12.1. The van der Waals surface area contributed by atoms with Gasteiger partial charge in [-0.25, -0.2) is 4.79 Å². The number of hydrogen-bond acceptors (Lipinski definition) is 4. The number of unbranched alkanes of at least 4 members (excludes halogenated alkanes) is 2. The fourth-order valence-corrected chi connectivity index (χ4v) is 3.46. The zero-order valence-corrected chi connectivity index (χ0v) is 16.9. The number of ether oxygens (including phenoxy) is 3. The van der Waals surface area contributed by atoms with E-state index in [2.05, 4.69) is 35.0 Å². The second-order valence-electron chi connectivity index (χ2n) is 6.28. The molecule has 0 fully saturated rings. The van der Waals surface area contributed by atoms with Gasteiger partial charge in [-0.2, -0.15) is 0 Å². The lowest BCUT2D eigenvalue weighted by molar-refractivity contribution is -0.152. The van der Waals surface area contributed by atoms with Crippen LogP contribution in [-0.2, 0) is 22.4 Å². The van der Waals surface area contributed by atoms with Crippen molar-refractivity contribution in [2.45, 2.75) is 64.9 Å². The highest BCUT2D eigenvalue weighted by molar-refractivity contribution is 9.09. The zero-order chi connectivity index (χ0) is 18.1. The minimum absolute atomic E-state index is 0.267. The normalized spacial score (nSPS) is 16.0. The van der Waals surface area contributed by atoms with Crippen LogP contribution in [0.2, 0.25) is 0 Å². The first-order valence-electron chi connectivity index (χ1n) is 9.38. The number of fused-ring (bicyclic) bond motifs is 1. The van der Waals surface area contributed by atoms with Gasteiger partial charge in [0.2, 0.25) is 0 Å². The number of alkyl halides is 1. The summed E-state index contributed by atoms with van der Waals surface area (Å²) in [5.41, 5.74) is 2.25. The lowest BCUT2D eigenvalue weighted by Crippen LogP contribution is -2.33. The summed E-state index contributed by atoms with van der Waals surface area (Å²) in [6, 6.07) is 4.13. The molecule has 0 saturated carbocycles. The Kier molecular flexibility index (Phi) is 8.59. The molecule has 0 radical (unpaired) electrons. The number of hydrogen-bond donors (Lipinski definition) is 0. The number of aryl methyl sites for hydroxylation is 1. The van der Waals surface area contributed by atoms with Gasteiger partial charge in [-0.05, 0) is 57.1 Å². The summed E-state index contributed by atoms with van der Waals surface area (Å²) in [6.07, 6.45) is 6.25. The average molecular weight is 413 g/mol. The van der Waals surface area contributed by atoms with Gasteiger partial charge in [-0.15, -0.1) is 0 Å². The van der Waals surface area contributed by atoms with Gasteiger partial charge in [0.05, 0.1) is 13.2 Å². The van der Waals surface area contributed by atoms with Gasteiger partial charge in [0.15, 0.2) is 6.10 Å². The Hall–Kier alpha value is -1.23. The van der Waals surface area contributed by atoms with E-state index in [4.69, 9.17) is 14.2 Å². The van der Waals surface area contributed by atoms with Crippen molar-refractivity contribution in [1.29, 1.82) is 0 Å². The third-order valence-corrected chi connectivity index (χ3v) is 4.88. The van der Waals surface area contributed by atoms with Gasteiger partial charge in [0.1, 0.15) is 11.5 Å². The van der Waals surface area contributed by atoms with E-state index < -0.39 is 6.10 Å². The Morgan fingerprint density at radius 1 is 1.28 bits per heavy atom. The Labute approximate surface area is 159 Å². The molecule has 0 bridgehead atoms. The Morgan fingerprint density at radius 2 is 2.12 bits per heavy atom. The second-order valence-corrected chi connectivity index (χ2v) is 7.07. The standard InChI is InChI=1S/C20H29BrO4/c1-3-8-16-17(24-14-7-5-6-13-21)11-9-15-10-12-18(25-19(15)16)20(22)23-4-2/h9,11,18H,3-8,10,12-14H2,1-2H3. The summed E-state index contributed by atoms with van der Waals surface area (Å²) in [5.74, 6) is 1.46. The van der Waals surface area contributed by atoms with E-state index in [1.807, 2.05) is 6.92 Å². The molecule has 1 unspecified atom stereocenters. The zero-order valence-electron chi connectivity index (χ0n) is 15.3. The van der Waals surface area contributed by atoms with Crippen molar-refractivity contribution in [1.82, 2.24) is 0 Å². The molecule has 0 amide bonds. The predicted octanol–water partition coefficient (Wildman–Crippen LogP) is 4.84. The van der Waals surface area contributed by atoms with E-state index in [9.17, 15) is 4.79 Å². The molecule has 1 aliphatic heterocycles. The molecule has 0 spiro atoms. The molecule has 0 N–H and O–H groups in total. The number of carbonyl (C=O) groups is 1. The van der Waals surface area contributed by atoms with Gasteiger partial charge in [0.25, 0.3) is 0 Å². The molecule has 2 rings (SSSR count). The van der Waals surface area contributed by atoms with Crippen LogP contribution in [0.25, 0.3) is 0 Å². The maximum Gasteiger partial charge on any atom is 0.347 e. The lowest BCUT2D eigenvalue weighted by Gasteiger charge is -2.27. The average Bonchev–Trinajstić information content (AvgIpc) is 2.63. The molecule has 1 aromatic rings. The van der Waals surface area contributed by atoms with E-state index >= 15 is 0 Å². The first-order valence-corrected chi connectivity index (χ1v) is 10.5. The summed E-state index contributed by atoms with van der Waals surface area (Å²) < 4.78 is 17.2. The number of rotatable bonds is 10. The van der Waals surface area contributed by atoms with Crippen molar-refractivity contribution in [3.05, 3.63) is 23.3 Å². The maximum absolute atomic E-state index is 12.1. The van der Waals surface area contributed by atoms with Crippen molar-refractivity contribution in [3.8, 4) is 11.5 Å². The van der Waals surface area contributed by atoms with Crippen LogP contribution in [0.5, 0.6) is 11.5 Å². The highest BCUT2D eigenvalue weighted by atomic mass is 79.9. The summed E-state index contributed by atoms with van der Waals surface area (Å²) in [6.45, 7) is 5.05. The minimum Gasteiger partial charge on any atom is -0.493 e. The van der Waals surface area contributed by atoms with Gasteiger partial charge >= 0.3 is 5.97 Å². The van der Waals surface area contributed by atoms with Crippen LogP contribution in [-0.4, -0.2) is 30.6 Å². The number of halogens is 1. The summed E-state index contributed by atoms with van der Waals surface area (Å²) in [7, 11) is 0. The lowest BCUT2D eigenvalue weighted by atomic mass is 9.96. The van der Waals surface area contributed by atoms with E-state index in [1.54, 1.807) is 0 Å². The van der Waals surface area contributed by atoms with Crippen molar-refractivity contribution < 1.29 is 19.0 Å². The topological polar surface area (TPSA) is 44.8 Å². The maximum atomic E-state index is 12.1. The van der Waals surface area contributed by atoms with Gasteiger partial charge in [-0.1, -0.05) is 35.3 Å². The van der Waals surface area contributed by atoms with Crippen LogP contribution < -0.4 is 9.47 Å². The van der Waals surface area contributed by atoms with Crippen LogP contribution in [0, 0.1) is 0 Å². The minimum atomic E-state index is -0.503. The molecule has 4 nitrogen and oxygen atoms in total. The van der Waals surface area contributed by atoms with Crippen LogP contribution in [0.1, 0.15) is 57.1 Å². The molecule has 140 valence electrons. The number of benzene rings is 1. The molecule has 0 saturated heterocycles. The van der Waals surface area contributed by atoms with Crippen molar-refractivity contribution in [2.75, 3.05) is 18.5 Å². The fraction of sp³-hybridized carbons (Fsp3) is 0.650. The quantitative estimate of drug-likeness (QED) is 0.313. The highest BCUT2D eigenvalue weighted by Crippen LogP contribution is 2.38. The molecular formula is C20H29BrO4. The Balaban J connectivity index is 2.12. The van der Waals surface area contributed by atoms with E-state index in [0.717, 1.165) is 60.1 Å². The second kappa shape index (κ2) is 10.7. The molecule has 1 atom stereocenters. The molecule has 1 aromatic carbocycles. The van der Waals surface area contributed by atoms with E-state index in [-0.39, 0.29) is 5.97 Å². The number of esters is 1. The van der Waals surface area contributed by atoms with Crippen molar-refractivity contribution in [2.24, 2.45) is 0 Å². The van der Waals surface area contributed by atoms with Crippen LogP contribution >= 0.6 is 15.9 Å². The molecule has 0 aromatic heterocycles.